The minimum absolute atomic E-state index is 0.0176. The third-order valence-electron chi connectivity index (χ3n) is 9.23. The molecule has 1 amide bonds. The fourth-order valence-corrected chi connectivity index (χ4v) is 8.22. The van der Waals surface area contributed by atoms with E-state index in [2.05, 4.69) is 18.2 Å². The highest BCUT2D eigenvalue weighted by atomic mass is 35.5. The maximum absolute atomic E-state index is 12.9. The zero-order valence-corrected chi connectivity index (χ0v) is 29.8. The minimum atomic E-state index is -1.18. The van der Waals surface area contributed by atoms with Crippen molar-refractivity contribution < 1.29 is 24.2 Å². The highest BCUT2D eigenvalue weighted by molar-refractivity contribution is 7.22. The summed E-state index contributed by atoms with van der Waals surface area (Å²) < 4.78 is 14.5. The molecule has 2 aliphatic heterocycles. The number of ether oxygens (including phenoxy) is 2. The molecule has 0 saturated carbocycles. The quantitative estimate of drug-likeness (QED) is 0.182. The largest absolute Gasteiger partial charge is 0.488 e. The number of carboxylic acids is 1. The van der Waals surface area contributed by atoms with Crippen molar-refractivity contribution in [1.82, 2.24) is 19.7 Å². The van der Waals surface area contributed by atoms with Gasteiger partial charge >= 0.3 is 5.97 Å². The molecule has 0 bridgehead atoms. The van der Waals surface area contributed by atoms with Crippen LogP contribution in [-0.4, -0.2) is 61.9 Å². The molecule has 5 aromatic rings. The molecule has 3 aromatic carbocycles. The first-order valence-corrected chi connectivity index (χ1v) is 17.8. The van der Waals surface area contributed by atoms with Gasteiger partial charge in [-0.15, -0.1) is 11.3 Å². The monoisotopic (exact) mass is 698 g/mol. The predicted octanol–water partition coefficient (Wildman–Crippen LogP) is 8.43. The van der Waals surface area contributed by atoms with Crippen molar-refractivity contribution in [1.29, 1.82) is 0 Å². The Hall–Kier alpha value is -4.25. The number of carbonyl (C=O) groups excluding carboxylic acids is 1. The molecule has 1 saturated heterocycles. The Bertz CT molecular complexity index is 2120. The number of rotatable bonds is 7. The van der Waals surface area contributed by atoms with Gasteiger partial charge in [-0.2, -0.15) is 5.10 Å². The molecule has 7 rings (SSSR count). The molecule has 1 fully saturated rings. The van der Waals surface area contributed by atoms with Crippen LogP contribution >= 0.6 is 22.9 Å². The van der Waals surface area contributed by atoms with Gasteiger partial charge in [-0.25, -0.2) is 9.78 Å². The van der Waals surface area contributed by atoms with Gasteiger partial charge in [0.15, 0.2) is 11.9 Å². The number of carboxylic acid groups (broad SMARTS) is 1. The second-order valence-corrected chi connectivity index (χ2v) is 15.3. The second kappa shape index (κ2) is 12.9. The van der Waals surface area contributed by atoms with Crippen LogP contribution in [-0.2, 0) is 26.1 Å². The van der Waals surface area contributed by atoms with Crippen molar-refractivity contribution in [2.75, 3.05) is 19.7 Å². The summed E-state index contributed by atoms with van der Waals surface area (Å²) in [6, 6.07) is 15.7. The molecule has 2 aromatic heterocycles. The molecule has 49 heavy (non-hydrogen) atoms. The summed E-state index contributed by atoms with van der Waals surface area (Å²) >= 11 is 7.82. The van der Waals surface area contributed by atoms with Crippen molar-refractivity contribution in [3.63, 3.8) is 0 Å². The van der Waals surface area contributed by atoms with E-state index in [9.17, 15) is 14.7 Å². The molecular formula is C38H39ClN4O5S. The van der Waals surface area contributed by atoms with E-state index in [1.54, 1.807) is 0 Å². The lowest BCUT2D eigenvalue weighted by molar-refractivity contribution is -0.160. The summed E-state index contributed by atoms with van der Waals surface area (Å²) in [4.78, 5) is 32.6. The summed E-state index contributed by atoms with van der Waals surface area (Å²) in [5, 5.41) is 17.9. The number of hydrogen-bond acceptors (Lipinski definition) is 7. The first-order valence-electron chi connectivity index (χ1n) is 16.6. The van der Waals surface area contributed by atoms with Crippen LogP contribution in [0.15, 0.2) is 60.4 Å². The zero-order chi connectivity index (χ0) is 34.6. The summed E-state index contributed by atoms with van der Waals surface area (Å²) in [5.41, 5.74) is 6.16. The number of benzene rings is 3. The van der Waals surface area contributed by atoms with E-state index in [-0.39, 0.29) is 11.8 Å². The molecule has 254 valence electrons. The molecule has 1 atom stereocenters. The van der Waals surface area contributed by atoms with Gasteiger partial charge in [0.1, 0.15) is 5.01 Å². The Kier molecular flexibility index (Phi) is 8.75. The van der Waals surface area contributed by atoms with Crippen LogP contribution in [0, 0.1) is 6.92 Å². The Morgan fingerprint density at radius 3 is 2.45 bits per heavy atom. The second-order valence-electron chi connectivity index (χ2n) is 13.8. The molecular weight excluding hydrogens is 660 g/mol. The van der Waals surface area contributed by atoms with Crippen molar-refractivity contribution in [3.8, 4) is 21.7 Å². The molecule has 1 N–H and O–H groups in total. The molecule has 0 unspecified atom stereocenters. The first-order chi connectivity index (χ1) is 23.4. The Balaban J connectivity index is 1.29. The number of nitrogens with zero attached hydrogens (tertiary/aromatic N) is 4. The van der Waals surface area contributed by atoms with Crippen molar-refractivity contribution in [2.45, 2.75) is 64.6 Å². The number of thiazole rings is 1. The lowest BCUT2D eigenvalue weighted by Crippen LogP contribution is -2.38. The van der Waals surface area contributed by atoms with E-state index in [1.807, 2.05) is 80.7 Å². The normalized spacial score (nSPS) is 16.3. The van der Waals surface area contributed by atoms with Gasteiger partial charge in [0.2, 0.25) is 0 Å². The van der Waals surface area contributed by atoms with Crippen LogP contribution in [0.2, 0.25) is 5.02 Å². The van der Waals surface area contributed by atoms with E-state index in [0.717, 1.165) is 73.3 Å². The number of amides is 1. The average Bonchev–Trinajstić information content (AvgIpc) is 3.82. The predicted molar refractivity (Wildman–Crippen MR) is 193 cm³/mol. The van der Waals surface area contributed by atoms with Gasteiger partial charge in [-0.05, 0) is 94.1 Å². The number of aryl methyl sites for hydroxylation is 2. The third kappa shape index (κ3) is 6.45. The maximum atomic E-state index is 12.9. The fraction of sp³-hybridized carbons (Fsp3) is 0.368. The highest BCUT2D eigenvalue weighted by Gasteiger charge is 2.33. The Morgan fingerprint density at radius 1 is 1.08 bits per heavy atom. The van der Waals surface area contributed by atoms with Crippen LogP contribution in [0.4, 0.5) is 0 Å². The summed E-state index contributed by atoms with van der Waals surface area (Å²) in [5.74, 6) is -0.375. The Morgan fingerprint density at radius 2 is 1.80 bits per heavy atom. The molecule has 4 heterocycles. The Labute approximate surface area is 294 Å². The lowest BCUT2D eigenvalue weighted by atomic mass is 9.91. The van der Waals surface area contributed by atoms with Gasteiger partial charge in [-0.1, -0.05) is 23.7 Å². The van der Waals surface area contributed by atoms with Crippen LogP contribution < -0.4 is 0 Å². The molecule has 9 nitrogen and oxygen atoms in total. The summed E-state index contributed by atoms with van der Waals surface area (Å²) in [6.45, 7) is 9.39. The smallest absolute Gasteiger partial charge is 0.337 e. The number of aliphatic carboxylic acids is 1. The van der Waals surface area contributed by atoms with E-state index < -0.39 is 17.7 Å². The van der Waals surface area contributed by atoms with E-state index in [4.69, 9.17) is 31.2 Å². The van der Waals surface area contributed by atoms with Crippen molar-refractivity contribution in [2.24, 2.45) is 7.05 Å². The SMILES string of the molecule is Cc1cc2nc(-c3ccc4c(c3)c(C3CCN(C(=O)C5=CCCO5)CC3)nn4C)sc2c(-c2ccc(Cl)cc2)c1[C@H](OC(C)(C)C)C(=O)O. The van der Waals surface area contributed by atoms with Crippen LogP contribution in [0.3, 0.4) is 0 Å². The summed E-state index contributed by atoms with van der Waals surface area (Å²) in [7, 11) is 1.97. The number of aromatic nitrogens is 3. The number of carbonyl (C=O) groups is 2. The zero-order valence-electron chi connectivity index (χ0n) is 28.2. The average molecular weight is 699 g/mol. The standard InChI is InChI=1S/C38H39ClN4O5S/c1-21-19-27-34(31(22-8-11-25(39)12-9-22)30(21)33(37(45)46)48-38(2,3)4)49-35(40-27)24-10-13-28-26(20-24)32(41-42(28)5)23-14-16-43(17-15-23)36(44)29-7-6-18-47-29/h7-13,19-20,23,33H,6,14-18H2,1-5H3,(H,45,46)/t33-/m0/s1. The summed E-state index contributed by atoms with van der Waals surface area (Å²) in [6.07, 6.45) is 3.13. The van der Waals surface area contributed by atoms with Gasteiger partial charge in [0.25, 0.3) is 5.91 Å². The molecule has 2 aliphatic rings. The maximum Gasteiger partial charge on any atom is 0.337 e. The van der Waals surface area contributed by atoms with Crippen LogP contribution in [0.1, 0.15) is 68.9 Å². The number of piperidine rings is 1. The number of hydrogen-bond donors (Lipinski definition) is 1. The van der Waals surface area contributed by atoms with Crippen molar-refractivity contribution >= 4 is 55.9 Å². The van der Waals surface area contributed by atoms with E-state index in [1.165, 1.54) is 11.3 Å². The molecule has 0 spiro atoms. The van der Waals surface area contributed by atoms with Gasteiger partial charge in [0.05, 0.1) is 33.6 Å². The minimum Gasteiger partial charge on any atom is -0.488 e. The molecule has 0 radical (unpaired) electrons. The fourth-order valence-electron chi connectivity index (χ4n) is 6.97. The number of likely N-dealkylation sites (tertiary alicyclic amines) is 1. The van der Waals surface area contributed by atoms with E-state index >= 15 is 0 Å². The van der Waals surface area contributed by atoms with Crippen LogP contribution in [0.25, 0.3) is 42.8 Å². The number of halogens is 1. The van der Waals surface area contributed by atoms with E-state index in [0.29, 0.717) is 36.0 Å². The highest BCUT2D eigenvalue weighted by Crippen LogP contribution is 2.45. The third-order valence-corrected chi connectivity index (χ3v) is 10.6. The number of fused-ring (bicyclic) bond motifs is 2. The van der Waals surface area contributed by atoms with Gasteiger partial charge < -0.3 is 19.5 Å². The topological polar surface area (TPSA) is 107 Å². The molecule has 11 heteroatoms. The van der Waals surface area contributed by atoms with Crippen LogP contribution in [0.5, 0.6) is 0 Å². The lowest BCUT2D eigenvalue weighted by Gasteiger charge is -2.31. The first kappa shape index (κ1) is 33.3. The van der Waals surface area contributed by atoms with Crippen molar-refractivity contribution in [3.05, 3.63) is 82.2 Å². The van der Waals surface area contributed by atoms with Gasteiger partial charge in [-0.3, -0.25) is 9.48 Å². The van der Waals surface area contributed by atoms with Gasteiger partial charge in [0, 0.05) is 59.6 Å². The molecule has 0 aliphatic carbocycles.